The molecular formula is C46H38N2. The Hall–Kier alpha value is -5.86. The highest BCUT2D eigenvalue weighted by Gasteiger charge is 2.23. The van der Waals surface area contributed by atoms with Crippen LogP contribution in [-0.2, 0) is 6.42 Å². The summed E-state index contributed by atoms with van der Waals surface area (Å²) in [6.07, 6.45) is 6.70. The SMILES string of the molecule is Cc1cccc(N(c2ccccc2)c2ccc(-c3ccc(N(c4ccccc4)c4cccc(C)c4)c4ccccc34)c3c2C=CCC3)c1. The fourth-order valence-corrected chi connectivity index (χ4v) is 7.24. The molecule has 8 rings (SSSR count). The van der Waals surface area contributed by atoms with Gasteiger partial charge in [-0.15, -0.1) is 0 Å². The molecule has 7 aromatic carbocycles. The summed E-state index contributed by atoms with van der Waals surface area (Å²) < 4.78 is 0. The van der Waals surface area contributed by atoms with E-state index in [1.54, 1.807) is 0 Å². The molecule has 0 bridgehead atoms. The summed E-state index contributed by atoms with van der Waals surface area (Å²) in [5, 5.41) is 2.49. The van der Waals surface area contributed by atoms with Crippen molar-refractivity contribution < 1.29 is 0 Å². The van der Waals surface area contributed by atoms with E-state index in [-0.39, 0.29) is 0 Å². The van der Waals surface area contributed by atoms with Gasteiger partial charge in [0.1, 0.15) is 0 Å². The monoisotopic (exact) mass is 618 g/mol. The molecule has 0 aliphatic heterocycles. The van der Waals surface area contributed by atoms with E-state index in [4.69, 9.17) is 0 Å². The van der Waals surface area contributed by atoms with Crippen molar-refractivity contribution in [3.05, 3.63) is 186 Å². The largest absolute Gasteiger partial charge is 0.310 e. The zero-order valence-electron chi connectivity index (χ0n) is 27.5. The quantitative estimate of drug-likeness (QED) is 0.175. The molecule has 1 aliphatic carbocycles. The summed E-state index contributed by atoms with van der Waals surface area (Å²) in [4.78, 5) is 4.80. The van der Waals surface area contributed by atoms with E-state index in [2.05, 4.69) is 194 Å². The van der Waals surface area contributed by atoms with Crippen LogP contribution in [0.15, 0.2) is 164 Å². The molecule has 2 nitrogen and oxygen atoms in total. The Morgan fingerprint density at radius 3 is 1.58 bits per heavy atom. The van der Waals surface area contributed by atoms with Crippen molar-refractivity contribution in [2.45, 2.75) is 26.7 Å². The summed E-state index contributed by atoms with van der Waals surface area (Å²) >= 11 is 0. The predicted octanol–water partition coefficient (Wildman–Crippen LogP) is 13.0. The number of benzene rings is 7. The van der Waals surface area contributed by atoms with Crippen molar-refractivity contribution in [1.82, 2.24) is 0 Å². The molecule has 1 aliphatic rings. The van der Waals surface area contributed by atoms with Crippen molar-refractivity contribution in [3.8, 4) is 11.1 Å². The molecule has 0 spiro atoms. The third-order valence-corrected chi connectivity index (χ3v) is 9.40. The first-order valence-corrected chi connectivity index (χ1v) is 16.8. The molecule has 48 heavy (non-hydrogen) atoms. The summed E-state index contributed by atoms with van der Waals surface area (Å²) in [5.41, 5.74) is 14.8. The molecule has 0 amide bonds. The minimum atomic E-state index is 1.00. The van der Waals surface area contributed by atoms with Gasteiger partial charge in [0.25, 0.3) is 0 Å². The number of rotatable bonds is 7. The van der Waals surface area contributed by atoms with Gasteiger partial charge in [0.2, 0.25) is 0 Å². The normalized spacial score (nSPS) is 12.1. The van der Waals surface area contributed by atoms with Gasteiger partial charge in [-0.25, -0.2) is 0 Å². The first-order valence-electron chi connectivity index (χ1n) is 16.8. The van der Waals surface area contributed by atoms with Crippen LogP contribution in [0.5, 0.6) is 0 Å². The first-order chi connectivity index (χ1) is 23.7. The summed E-state index contributed by atoms with van der Waals surface area (Å²) in [7, 11) is 0. The number of fused-ring (bicyclic) bond motifs is 2. The van der Waals surface area contributed by atoms with Gasteiger partial charge in [-0.1, -0.05) is 109 Å². The van der Waals surface area contributed by atoms with Crippen molar-refractivity contribution in [2.75, 3.05) is 9.80 Å². The highest BCUT2D eigenvalue weighted by molar-refractivity contribution is 6.07. The van der Waals surface area contributed by atoms with Gasteiger partial charge in [0.05, 0.1) is 11.4 Å². The maximum Gasteiger partial charge on any atom is 0.0540 e. The lowest BCUT2D eigenvalue weighted by Crippen LogP contribution is -2.14. The summed E-state index contributed by atoms with van der Waals surface area (Å²) in [5.74, 6) is 0. The van der Waals surface area contributed by atoms with Crippen LogP contribution < -0.4 is 9.80 Å². The van der Waals surface area contributed by atoms with Gasteiger partial charge in [-0.2, -0.15) is 0 Å². The molecule has 0 unspecified atom stereocenters. The molecule has 0 radical (unpaired) electrons. The lowest BCUT2D eigenvalue weighted by Gasteiger charge is -2.31. The van der Waals surface area contributed by atoms with E-state index < -0.39 is 0 Å². The maximum absolute atomic E-state index is 2.41. The van der Waals surface area contributed by atoms with Crippen LogP contribution >= 0.6 is 0 Å². The Bertz CT molecular complexity index is 2270. The number of hydrogen-bond acceptors (Lipinski definition) is 2. The summed E-state index contributed by atoms with van der Waals surface area (Å²) in [6.45, 7) is 4.32. The Balaban J connectivity index is 1.32. The minimum absolute atomic E-state index is 1.00. The molecule has 0 fully saturated rings. The first kappa shape index (κ1) is 29.5. The number of anilines is 6. The van der Waals surface area contributed by atoms with Crippen molar-refractivity contribution in [2.24, 2.45) is 0 Å². The Morgan fingerprint density at radius 2 is 0.958 bits per heavy atom. The zero-order chi connectivity index (χ0) is 32.5. The van der Waals surface area contributed by atoms with Gasteiger partial charge in [-0.3, -0.25) is 0 Å². The highest BCUT2D eigenvalue weighted by Crippen LogP contribution is 2.46. The van der Waals surface area contributed by atoms with Gasteiger partial charge in [-0.05, 0) is 121 Å². The Kier molecular flexibility index (Phi) is 7.84. The number of para-hydroxylation sites is 2. The fraction of sp³-hybridized carbons (Fsp3) is 0.0870. The standard InChI is InChI=1S/C46H38N2/c1-33-15-13-21-37(31-33)47(35-17-5-3-6-18-35)45-29-27-41(39-23-9-11-25-43(39)45)42-28-30-46(44-26-12-10-24-40(42)44)48(36-19-7-4-8-20-36)38-22-14-16-34(2)32-38/h3-9,11-23,25-32H,10,24H2,1-2H3. The molecule has 232 valence electrons. The van der Waals surface area contributed by atoms with Crippen molar-refractivity contribution >= 4 is 51.0 Å². The molecule has 0 heterocycles. The van der Waals surface area contributed by atoms with Crippen LogP contribution in [0.25, 0.3) is 28.0 Å². The molecule has 2 heteroatoms. The van der Waals surface area contributed by atoms with E-state index in [9.17, 15) is 0 Å². The number of allylic oxidation sites excluding steroid dienone is 1. The van der Waals surface area contributed by atoms with Gasteiger partial charge < -0.3 is 9.80 Å². The van der Waals surface area contributed by atoms with Gasteiger partial charge in [0, 0.05) is 33.7 Å². The fourth-order valence-electron chi connectivity index (χ4n) is 7.24. The minimum Gasteiger partial charge on any atom is -0.310 e. The van der Waals surface area contributed by atoms with E-state index >= 15 is 0 Å². The van der Waals surface area contributed by atoms with Crippen molar-refractivity contribution in [1.29, 1.82) is 0 Å². The molecule has 7 aromatic rings. The average Bonchev–Trinajstić information content (AvgIpc) is 3.13. The Labute approximate surface area is 283 Å². The lowest BCUT2D eigenvalue weighted by atomic mass is 9.85. The molecule has 0 saturated carbocycles. The molecule has 0 saturated heterocycles. The second-order valence-electron chi connectivity index (χ2n) is 12.7. The zero-order valence-corrected chi connectivity index (χ0v) is 27.5. The van der Waals surface area contributed by atoms with E-state index in [1.165, 1.54) is 61.2 Å². The van der Waals surface area contributed by atoms with E-state index in [1.807, 2.05) is 0 Å². The van der Waals surface area contributed by atoms with Crippen LogP contribution in [0.4, 0.5) is 34.1 Å². The van der Waals surface area contributed by atoms with E-state index in [0.717, 1.165) is 29.9 Å². The molecule has 0 aromatic heterocycles. The van der Waals surface area contributed by atoms with Crippen LogP contribution in [0, 0.1) is 13.8 Å². The molecule has 0 N–H and O–H groups in total. The van der Waals surface area contributed by atoms with Gasteiger partial charge in [0.15, 0.2) is 0 Å². The molecule has 0 atom stereocenters. The number of aryl methyl sites for hydroxylation is 2. The second-order valence-corrected chi connectivity index (χ2v) is 12.7. The smallest absolute Gasteiger partial charge is 0.0540 e. The third-order valence-electron chi connectivity index (χ3n) is 9.40. The second kappa shape index (κ2) is 12.7. The van der Waals surface area contributed by atoms with Crippen LogP contribution in [0.2, 0.25) is 0 Å². The number of nitrogens with zero attached hydrogens (tertiary/aromatic N) is 2. The highest BCUT2D eigenvalue weighted by atomic mass is 15.1. The predicted molar refractivity (Wildman–Crippen MR) is 206 cm³/mol. The van der Waals surface area contributed by atoms with Crippen LogP contribution in [-0.4, -0.2) is 0 Å². The van der Waals surface area contributed by atoms with E-state index in [0.29, 0.717) is 0 Å². The number of hydrogen-bond donors (Lipinski definition) is 0. The molecular weight excluding hydrogens is 581 g/mol. The van der Waals surface area contributed by atoms with Crippen LogP contribution in [0.3, 0.4) is 0 Å². The topological polar surface area (TPSA) is 6.48 Å². The maximum atomic E-state index is 2.41. The Morgan fingerprint density at radius 1 is 0.438 bits per heavy atom. The third kappa shape index (κ3) is 5.46. The van der Waals surface area contributed by atoms with Crippen LogP contribution in [0.1, 0.15) is 28.7 Å². The average molecular weight is 619 g/mol. The van der Waals surface area contributed by atoms with Crippen molar-refractivity contribution in [3.63, 3.8) is 0 Å². The van der Waals surface area contributed by atoms with Gasteiger partial charge >= 0.3 is 0 Å². The lowest BCUT2D eigenvalue weighted by molar-refractivity contribution is 0.986. The summed E-state index contributed by atoms with van der Waals surface area (Å²) in [6, 6.07) is 57.3.